The smallest absolute Gasteiger partial charge is 0.258 e. The fourth-order valence-corrected chi connectivity index (χ4v) is 6.55. The molecule has 2 saturated carbocycles. The predicted octanol–water partition coefficient (Wildman–Crippen LogP) is 5.58. The van der Waals surface area contributed by atoms with Gasteiger partial charge in [-0.2, -0.15) is 0 Å². The molecule has 1 aromatic heterocycles. The van der Waals surface area contributed by atoms with Crippen LogP contribution >= 0.6 is 11.8 Å². The standard InChI is InChI=1S/C24H30N2OS/c1-28-23-25-21-19-12-6-5-11-18(19)15-24(13-7-2-8-14-24)20(21)22(27)26(23)16-17-9-3-4-10-17/h5-6,11-12,17H,2-4,7-10,13-16H2,1H3. The van der Waals surface area contributed by atoms with Crippen molar-refractivity contribution in [3.8, 4) is 11.3 Å². The summed E-state index contributed by atoms with van der Waals surface area (Å²) in [7, 11) is 0. The molecule has 2 aromatic rings. The fourth-order valence-electron chi connectivity index (χ4n) is 5.99. The number of hydrogen-bond acceptors (Lipinski definition) is 3. The van der Waals surface area contributed by atoms with Crippen molar-refractivity contribution >= 4 is 11.8 Å². The molecule has 4 heteroatoms. The highest BCUT2D eigenvalue weighted by atomic mass is 32.2. The molecule has 3 aliphatic rings. The summed E-state index contributed by atoms with van der Waals surface area (Å²) >= 11 is 1.63. The molecule has 0 radical (unpaired) electrons. The predicted molar refractivity (Wildman–Crippen MR) is 116 cm³/mol. The van der Waals surface area contributed by atoms with Crippen LogP contribution in [0, 0.1) is 5.92 Å². The molecule has 148 valence electrons. The zero-order chi connectivity index (χ0) is 19.1. The van der Waals surface area contributed by atoms with Gasteiger partial charge < -0.3 is 0 Å². The van der Waals surface area contributed by atoms with E-state index in [0.717, 1.165) is 42.2 Å². The van der Waals surface area contributed by atoms with Crippen molar-refractivity contribution in [3.63, 3.8) is 0 Å². The third-order valence-corrected chi connectivity index (χ3v) is 8.05. The minimum Gasteiger partial charge on any atom is -0.287 e. The minimum atomic E-state index is 0.000381. The minimum absolute atomic E-state index is 0.000381. The molecule has 2 fully saturated rings. The van der Waals surface area contributed by atoms with E-state index in [1.165, 1.54) is 56.1 Å². The van der Waals surface area contributed by atoms with E-state index < -0.39 is 0 Å². The molecule has 3 aliphatic carbocycles. The van der Waals surface area contributed by atoms with Crippen LogP contribution in [0.2, 0.25) is 0 Å². The first-order valence-corrected chi connectivity index (χ1v) is 12.2. The van der Waals surface area contributed by atoms with Gasteiger partial charge in [-0.05, 0) is 49.8 Å². The van der Waals surface area contributed by atoms with Crippen LogP contribution < -0.4 is 5.56 Å². The summed E-state index contributed by atoms with van der Waals surface area (Å²) in [6, 6.07) is 8.64. The zero-order valence-corrected chi connectivity index (χ0v) is 17.7. The highest BCUT2D eigenvalue weighted by molar-refractivity contribution is 7.98. The van der Waals surface area contributed by atoms with E-state index in [1.807, 2.05) is 4.57 Å². The number of benzene rings is 1. The van der Waals surface area contributed by atoms with Crippen LogP contribution in [-0.2, 0) is 18.4 Å². The first-order chi connectivity index (χ1) is 13.7. The fraction of sp³-hybridized carbons (Fsp3) is 0.583. The maximum atomic E-state index is 14.0. The normalized spacial score (nSPS) is 20.9. The van der Waals surface area contributed by atoms with Crippen LogP contribution in [0.15, 0.2) is 34.2 Å². The van der Waals surface area contributed by atoms with Crippen molar-refractivity contribution in [2.75, 3.05) is 6.26 Å². The van der Waals surface area contributed by atoms with Gasteiger partial charge in [-0.3, -0.25) is 9.36 Å². The number of hydrogen-bond donors (Lipinski definition) is 0. The van der Waals surface area contributed by atoms with E-state index >= 15 is 0 Å². The zero-order valence-electron chi connectivity index (χ0n) is 16.9. The highest BCUT2D eigenvalue weighted by Gasteiger charge is 2.43. The Hall–Kier alpha value is -1.55. The third kappa shape index (κ3) is 2.96. The van der Waals surface area contributed by atoms with Gasteiger partial charge in [0.15, 0.2) is 5.16 Å². The van der Waals surface area contributed by atoms with E-state index in [-0.39, 0.29) is 11.0 Å². The van der Waals surface area contributed by atoms with Gasteiger partial charge >= 0.3 is 0 Å². The quantitative estimate of drug-likeness (QED) is 0.503. The Kier molecular flexibility index (Phi) is 4.86. The summed E-state index contributed by atoms with van der Waals surface area (Å²) in [6.07, 6.45) is 14.2. The molecule has 1 heterocycles. The van der Waals surface area contributed by atoms with E-state index in [9.17, 15) is 4.79 Å². The van der Waals surface area contributed by atoms with Crippen LogP contribution in [-0.4, -0.2) is 15.8 Å². The van der Waals surface area contributed by atoms with Crippen LogP contribution in [0.5, 0.6) is 0 Å². The average Bonchev–Trinajstić information content (AvgIpc) is 3.23. The molecular weight excluding hydrogens is 364 g/mol. The molecule has 0 bridgehead atoms. The van der Waals surface area contributed by atoms with E-state index in [4.69, 9.17) is 4.98 Å². The molecule has 0 N–H and O–H groups in total. The Morgan fingerprint density at radius 3 is 2.61 bits per heavy atom. The molecule has 0 aliphatic heterocycles. The number of rotatable bonds is 3. The van der Waals surface area contributed by atoms with Crippen LogP contribution in [0.1, 0.15) is 68.9 Å². The number of aromatic nitrogens is 2. The van der Waals surface area contributed by atoms with E-state index in [2.05, 4.69) is 30.5 Å². The van der Waals surface area contributed by atoms with Crippen LogP contribution in [0.3, 0.4) is 0 Å². The lowest BCUT2D eigenvalue weighted by atomic mass is 9.62. The molecule has 0 amide bonds. The third-order valence-electron chi connectivity index (χ3n) is 7.37. The largest absolute Gasteiger partial charge is 0.287 e. The molecular formula is C24H30N2OS. The summed E-state index contributed by atoms with van der Waals surface area (Å²) in [5, 5.41) is 0.901. The van der Waals surface area contributed by atoms with Crippen molar-refractivity contribution in [1.29, 1.82) is 0 Å². The van der Waals surface area contributed by atoms with E-state index in [1.54, 1.807) is 11.8 Å². The van der Waals surface area contributed by atoms with Crippen molar-refractivity contribution in [1.82, 2.24) is 9.55 Å². The van der Waals surface area contributed by atoms with Crippen molar-refractivity contribution in [2.24, 2.45) is 5.92 Å². The maximum Gasteiger partial charge on any atom is 0.258 e. The maximum absolute atomic E-state index is 14.0. The Morgan fingerprint density at radius 2 is 1.86 bits per heavy atom. The molecule has 0 saturated heterocycles. The average molecular weight is 395 g/mol. The van der Waals surface area contributed by atoms with E-state index in [0.29, 0.717) is 5.92 Å². The van der Waals surface area contributed by atoms with Crippen molar-refractivity contribution in [3.05, 3.63) is 45.7 Å². The van der Waals surface area contributed by atoms with Crippen molar-refractivity contribution in [2.45, 2.75) is 81.3 Å². The molecule has 28 heavy (non-hydrogen) atoms. The summed E-state index contributed by atoms with van der Waals surface area (Å²) in [4.78, 5) is 19.1. The van der Waals surface area contributed by atoms with Gasteiger partial charge in [0.25, 0.3) is 5.56 Å². The lowest BCUT2D eigenvalue weighted by Crippen LogP contribution is -2.43. The second-order valence-electron chi connectivity index (χ2n) is 9.06. The van der Waals surface area contributed by atoms with Crippen LogP contribution in [0.4, 0.5) is 0 Å². The summed E-state index contributed by atoms with van der Waals surface area (Å²) in [6.45, 7) is 0.854. The van der Waals surface area contributed by atoms with Gasteiger partial charge in [0, 0.05) is 17.5 Å². The molecule has 1 spiro atoms. The van der Waals surface area contributed by atoms with Crippen molar-refractivity contribution < 1.29 is 0 Å². The number of nitrogens with zero attached hydrogens (tertiary/aromatic N) is 2. The topological polar surface area (TPSA) is 34.9 Å². The van der Waals surface area contributed by atoms with Gasteiger partial charge in [0.1, 0.15) is 0 Å². The highest BCUT2D eigenvalue weighted by Crippen LogP contribution is 2.48. The van der Waals surface area contributed by atoms with Gasteiger partial charge in [0.05, 0.1) is 11.3 Å². The molecule has 0 unspecified atom stereocenters. The monoisotopic (exact) mass is 394 g/mol. The lowest BCUT2D eigenvalue weighted by molar-refractivity contribution is 0.280. The van der Waals surface area contributed by atoms with Crippen LogP contribution in [0.25, 0.3) is 11.3 Å². The molecule has 3 nitrogen and oxygen atoms in total. The SMILES string of the molecule is CSc1nc2c(c(=O)n1CC1CCCC1)C1(CCCCC1)Cc1ccccc1-2. The summed E-state index contributed by atoms with van der Waals surface area (Å²) in [5.74, 6) is 0.640. The lowest BCUT2D eigenvalue weighted by Gasteiger charge is -2.42. The number of thioether (sulfide) groups is 1. The second kappa shape index (κ2) is 7.37. The molecule has 0 atom stereocenters. The van der Waals surface area contributed by atoms with Gasteiger partial charge in [-0.15, -0.1) is 0 Å². The Morgan fingerprint density at radius 1 is 1.11 bits per heavy atom. The summed E-state index contributed by atoms with van der Waals surface area (Å²) < 4.78 is 2.05. The Labute approximate surface area is 172 Å². The second-order valence-corrected chi connectivity index (χ2v) is 9.84. The number of fused-ring (bicyclic) bond motifs is 4. The Balaban J connectivity index is 1.72. The summed E-state index contributed by atoms with van der Waals surface area (Å²) in [5.41, 5.74) is 4.86. The molecule has 1 aromatic carbocycles. The van der Waals surface area contributed by atoms with Gasteiger partial charge in [0.2, 0.25) is 0 Å². The van der Waals surface area contributed by atoms with Gasteiger partial charge in [-0.1, -0.05) is 68.1 Å². The Bertz CT molecular complexity index is 936. The first kappa shape index (κ1) is 18.5. The molecule has 5 rings (SSSR count). The van der Waals surface area contributed by atoms with Gasteiger partial charge in [-0.25, -0.2) is 4.98 Å². The first-order valence-electron chi connectivity index (χ1n) is 11.0.